The number of nitrogens with zero attached hydrogens (tertiary/aromatic N) is 3. The fraction of sp³-hybridized carbons (Fsp3) is 0.143. The standard InChI is InChI=1S/C21H16BrN3O3S/c1-11-8-14(9-12(2)18(11)28-13(3)26)10-17-20(27)25-21(29-17)23-19(24-25)15-6-4-5-7-16(15)22/h4-10H,1-3H3/b17-10-. The van der Waals surface area contributed by atoms with Gasteiger partial charge in [0.25, 0.3) is 5.56 Å². The monoisotopic (exact) mass is 469 g/mol. The minimum Gasteiger partial charge on any atom is -0.426 e. The Morgan fingerprint density at radius 3 is 2.52 bits per heavy atom. The summed E-state index contributed by atoms with van der Waals surface area (Å²) in [7, 11) is 0. The van der Waals surface area contributed by atoms with Crippen LogP contribution in [0.5, 0.6) is 5.75 Å². The van der Waals surface area contributed by atoms with E-state index in [4.69, 9.17) is 4.74 Å². The molecule has 2 aromatic carbocycles. The van der Waals surface area contributed by atoms with Crippen molar-refractivity contribution >= 4 is 44.3 Å². The largest absolute Gasteiger partial charge is 0.426 e. The van der Waals surface area contributed by atoms with E-state index < -0.39 is 0 Å². The molecule has 0 radical (unpaired) electrons. The van der Waals surface area contributed by atoms with Crippen molar-refractivity contribution in [2.75, 3.05) is 0 Å². The highest BCUT2D eigenvalue weighted by atomic mass is 79.9. The van der Waals surface area contributed by atoms with Crippen LogP contribution in [0.1, 0.15) is 23.6 Å². The van der Waals surface area contributed by atoms with Gasteiger partial charge >= 0.3 is 5.97 Å². The summed E-state index contributed by atoms with van der Waals surface area (Å²) in [5, 5.41) is 4.38. The van der Waals surface area contributed by atoms with Crippen molar-refractivity contribution < 1.29 is 9.53 Å². The van der Waals surface area contributed by atoms with Gasteiger partial charge in [-0.1, -0.05) is 39.4 Å². The zero-order chi connectivity index (χ0) is 20.7. The molecule has 4 aromatic rings. The molecule has 0 aliphatic carbocycles. The van der Waals surface area contributed by atoms with Gasteiger partial charge in [-0.2, -0.15) is 9.50 Å². The van der Waals surface area contributed by atoms with Gasteiger partial charge in [-0.15, -0.1) is 5.10 Å². The smallest absolute Gasteiger partial charge is 0.308 e. The van der Waals surface area contributed by atoms with Gasteiger partial charge in [-0.25, -0.2) is 0 Å². The van der Waals surface area contributed by atoms with Gasteiger partial charge in [0.05, 0.1) is 4.53 Å². The molecule has 6 nitrogen and oxygen atoms in total. The van der Waals surface area contributed by atoms with E-state index in [9.17, 15) is 9.59 Å². The number of aryl methyl sites for hydroxylation is 2. The Morgan fingerprint density at radius 1 is 1.21 bits per heavy atom. The lowest BCUT2D eigenvalue weighted by atomic mass is 10.1. The maximum Gasteiger partial charge on any atom is 0.308 e. The number of benzene rings is 2. The minimum atomic E-state index is -0.360. The Bertz CT molecular complexity index is 1350. The molecule has 0 fully saturated rings. The number of rotatable bonds is 3. The van der Waals surface area contributed by atoms with E-state index in [1.165, 1.54) is 22.8 Å². The third kappa shape index (κ3) is 3.73. The second kappa shape index (κ2) is 7.53. The average Bonchev–Trinajstić information content (AvgIpc) is 3.18. The fourth-order valence-corrected chi connectivity index (χ4v) is 4.48. The predicted molar refractivity (Wildman–Crippen MR) is 116 cm³/mol. The molecule has 8 heteroatoms. The number of hydrogen-bond donors (Lipinski definition) is 0. The summed E-state index contributed by atoms with van der Waals surface area (Å²) in [5.74, 6) is 0.698. The Balaban J connectivity index is 1.77. The summed E-state index contributed by atoms with van der Waals surface area (Å²) in [5.41, 5.74) is 3.13. The minimum absolute atomic E-state index is 0.213. The van der Waals surface area contributed by atoms with Crippen LogP contribution in [-0.4, -0.2) is 20.6 Å². The van der Waals surface area contributed by atoms with Gasteiger partial charge in [-0.05, 0) is 60.9 Å². The first-order valence-electron chi connectivity index (χ1n) is 8.79. The molecule has 0 aliphatic rings. The van der Waals surface area contributed by atoms with Crippen LogP contribution < -0.4 is 14.8 Å². The summed E-state index contributed by atoms with van der Waals surface area (Å²) in [6.07, 6.45) is 1.80. The van der Waals surface area contributed by atoms with Gasteiger partial charge in [0.15, 0.2) is 5.82 Å². The quantitative estimate of drug-likeness (QED) is 0.338. The number of carbonyl (C=O) groups excluding carboxylic acids is 1. The number of aromatic nitrogens is 3. The van der Waals surface area contributed by atoms with Crippen molar-refractivity contribution in [1.29, 1.82) is 0 Å². The highest BCUT2D eigenvalue weighted by Crippen LogP contribution is 2.26. The molecule has 2 heterocycles. The SMILES string of the molecule is CC(=O)Oc1c(C)cc(/C=c2\sc3nc(-c4ccccc4Br)nn3c2=O)cc1C. The third-order valence-corrected chi connectivity index (χ3v) is 5.97. The molecule has 0 saturated heterocycles. The summed E-state index contributed by atoms with van der Waals surface area (Å²) >= 11 is 4.78. The van der Waals surface area contributed by atoms with Gasteiger partial charge in [0, 0.05) is 17.0 Å². The van der Waals surface area contributed by atoms with Crippen LogP contribution >= 0.6 is 27.3 Å². The highest BCUT2D eigenvalue weighted by Gasteiger charge is 2.14. The number of fused-ring (bicyclic) bond motifs is 1. The molecule has 2 aromatic heterocycles. The Hall–Kier alpha value is -2.84. The van der Waals surface area contributed by atoms with Crippen molar-refractivity contribution in [3.05, 3.63) is 72.4 Å². The fourth-order valence-electron chi connectivity index (χ4n) is 3.11. The maximum absolute atomic E-state index is 12.8. The van der Waals surface area contributed by atoms with Crippen molar-refractivity contribution in [2.24, 2.45) is 0 Å². The number of hydrogen-bond acceptors (Lipinski definition) is 6. The van der Waals surface area contributed by atoms with Crippen molar-refractivity contribution in [1.82, 2.24) is 14.6 Å². The van der Waals surface area contributed by atoms with Gasteiger partial charge in [-0.3, -0.25) is 9.59 Å². The van der Waals surface area contributed by atoms with Gasteiger partial charge < -0.3 is 4.74 Å². The molecule has 0 spiro atoms. The summed E-state index contributed by atoms with van der Waals surface area (Å²) in [6.45, 7) is 5.11. The summed E-state index contributed by atoms with van der Waals surface area (Å²) in [6, 6.07) is 11.4. The third-order valence-electron chi connectivity index (χ3n) is 4.32. The highest BCUT2D eigenvalue weighted by molar-refractivity contribution is 9.10. The van der Waals surface area contributed by atoms with E-state index in [-0.39, 0.29) is 11.5 Å². The number of esters is 1. The van der Waals surface area contributed by atoms with E-state index >= 15 is 0 Å². The molecular weight excluding hydrogens is 454 g/mol. The average molecular weight is 470 g/mol. The molecule has 0 N–H and O–H groups in total. The zero-order valence-electron chi connectivity index (χ0n) is 15.9. The molecule has 0 unspecified atom stereocenters. The van der Waals surface area contributed by atoms with Crippen LogP contribution in [0, 0.1) is 13.8 Å². The Kier molecular flexibility index (Phi) is 5.06. The molecule has 0 aliphatic heterocycles. The van der Waals surface area contributed by atoms with Crippen LogP contribution in [0.25, 0.3) is 22.4 Å². The Labute approximate surface area is 178 Å². The zero-order valence-corrected chi connectivity index (χ0v) is 18.3. The molecule has 146 valence electrons. The first-order chi connectivity index (χ1) is 13.8. The lowest BCUT2D eigenvalue weighted by molar-refractivity contribution is -0.131. The van der Waals surface area contributed by atoms with Crippen LogP contribution in [0.15, 0.2) is 45.7 Å². The predicted octanol–water partition coefficient (Wildman–Crippen LogP) is 3.67. The number of thiazole rings is 1. The van der Waals surface area contributed by atoms with Crippen molar-refractivity contribution in [3.63, 3.8) is 0 Å². The van der Waals surface area contributed by atoms with E-state index in [1.807, 2.05) is 50.2 Å². The van der Waals surface area contributed by atoms with Crippen LogP contribution in [0.4, 0.5) is 0 Å². The van der Waals surface area contributed by atoms with Crippen molar-refractivity contribution in [3.8, 4) is 17.1 Å². The van der Waals surface area contributed by atoms with E-state index in [0.717, 1.165) is 26.7 Å². The van der Waals surface area contributed by atoms with E-state index in [0.29, 0.717) is 21.1 Å². The second-order valence-electron chi connectivity index (χ2n) is 6.60. The number of carbonyl (C=O) groups is 1. The second-order valence-corrected chi connectivity index (χ2v) is 8.47. The van der Waals surface area contributed by atoms with Crippen molar-refractivity contribution in [2.45, 2.75) is 20.8 Å². The lowest BCUT2D eigenvalue weighted by Crippen LogP contribution is -2.23. The van der Waals surface area contributed by atoms with E-state index in [1.54, 1.807) is 6.08 Å². The molecule has 29 heavy (non-hydrogen) atoms. The summed E-state index contributed by atoms with van der Waals surface area (Å²) < 4.78 is 8.01. The molecule has 0 saturated carbocycles. The molecule has 0 amide bonds. The normalized spacial score (nSPS) is 11.9. The van der Waals surface area contributed by atoms with Crippen LogP contribution in [0.2, 0.25) is 0 Å². The number of halogens is 1. The van der Waals surface area contributed by atoms with E-state index in [2.05, 4.69) is 26.0 Å². The van der Waals surface area contributed by atoms with Crippen LogP contribution in [0.3, 0.4) is 0 Å². The topological polar surface area (TPSA) is 73.6 Å². The van der Waals surface area contributed by atoms with Gasteiger partial charge in [0.1, 0.15) is 5.75 Å². The van der Waals surface area contributed by atoms with Crippen LogP contribution in [-0.2, 0) is 4.79 Å². The molecular formula is C21H16BrN3O3S. The first kappa shape index (κ1) is 19.5. The molecule has 0 atom stereocenters. The van der Waals surface area contributed by atoms with Gasteiger partial charge in [0.2, 0.25) is 4.96 Å². The maximum atomic E-state index is 12.8. The molecule has 0 bridgehead atoms. The number of ether oxygens (including phenoxy) is 1. The summed E-state index contributed by atoms with van der Waals surface area (Å²) in [4.78, 5) is 29.1. The first-order valence-corrected chi connectivity index (χ1v) is 10.4. The Morgan fingerprint density at radius 2 is 1.90 bits per heavy atom. The lowest BCUT2D eigenvalue weighted by Gasteiger charge is -2.10. The molecule has 4 rings (SSSR count).